The summed E-state index contributed by atoms with van der Waals surface area (Å²) in [4.78, 5) is 11.5. The van der Waals surface area contributed by atoms with Gasteiger partial charge in [0.15, 0.2) is 0 Å². The molecule has 1 unspecified atom stereocenters. The van der Waals surface area contributed by atoms with Crippen LogP contribution in [0.2, 0.25) is 0 Å². The Morgan fingerprint density at radius 3 is 2.71 bits per heavy atom. The zero-order chi connectivity index (χ0) is 9.97. The van der Waals surface area contributed by atoms with Crippen LogP contribution in [0, 0.1) is 5.92 Å². The molecule has 2 heterocycles. The summed E-state index contributed by atoms with van der Waals surface area (Å²) in [6, 6.07) is 0. The number of hydrogen-bond donors (Lipinski definition) is 2. The Morgan fingerprint density at radius 1 is 1.43 bits per heavy atom. The molecule has 3 nitrogen and oxygen atoms in total. The Kier molecular flexibility index (Phi) is 3.34. The highest BCUT2D eigenvalue weighted by atomic mass is 32.2. The molecule has 0 spiro atoms. The van der Waals surface area contributed by atoms with E-state index < -0.39 is 0 Å². The number of piperidine rings is 1. The second-order valence-corrected chi connectivity index (χ2v) is 5.40. The third kappa shape index (κ3) is 2.06. The van der Waals surface area contributed by atoms with E-state index in [0.29, 0.717) is 11.3 Å². The maximum Gasteiger partial charge on any atom is 0.234 e. The molecule has 0 aliphatic carbocycles. The van der Waals surface area contributed by atoms with Crippen LogP contribution in [-0.4, -0.2) is 29.6 Å². The van der Waals surface area contributed by atoms with Crippen LogP contribution in [0.4, 0.5) is 0 Å². The second-order valence-electron chi connectivity index (χ2n) is 4.05. The number of thioether (sulfide) groups is 1. The number of nitrogens with one attached hydrogen (secondary N) is 2. The van der Waals surface area contributed by atoms with Crippen molar-refractivity contribution in [3.63, 3.8) is 0 Å². The van der Waals surface area contributed by atoms with Gasteiger partial charge in [-0.1, -0.05) is 6.92 Å². The quantitative estimate of drug-likeness (QED) is 0.719. The normalized spacial score (nSPS) is 34.5. The molecule has 4 heteroatoms. The summed E-state index contributed by atoms with van der Waals surface area (Å²) >= 11 is 1.84. The van der Waals surface area contributed by atoms with Crippen LogP contribution in [0.1, 0.15) is 26.2 Å². The fourth-order valence-electron chi connectivity index (χ4n) is 2.16. The van der Waals surface area contributed by atoms with Gasteiger partial charge in [0.1, 0.15) is 0 Å². The zero-order valence-electron chi connectivity index (χ0n) is 8.58. The fourth-order valence-corrected chi connectivity index (χ4v) is 3.58. The van der Waals surface area contributed by atoms with Crippen LogP contribution in [-0.2, 0) is 4.79 Å². The largest absolute Gasteiger partial charge is 0.343 e. The number of carbonyl (C=O) groups excluding carboxylic acids is 1. The minimum atomic E-state index is 0.204. The van der Waals surface area contributed by atoms with Gasteiger partial charge in [0.05, 0.1) is 10.6 Å². The van der Waals surface area contributed by atoms with Gasteiger partial charge in [0, 0.05) is 0 Å². The zero-order valence-corrected chi connectivity index (χ0v) is 9.40. The monoisotopic (exact) mass is 214 g/mol. The maximum atomic E-state index is 11.5. The lowest BCUT2D eigenvalue weighted by Gasteiger charge is -2.27. The van der Waals surface area contributed by atoms with E-state index >= 15 is 0 Å². The summed E-state index contributed by atoms with van der Waals surface area (Å²) in [5, 5.41) is 7.06. The van der Waals surface area contributed by atoms with Crippen LogP contribution >= 0.6 is 11.8 Å². The maximum absolute atomic E-state index is 11.5. The molecular formula is C10H18N2OS. The van der Waals surface area contributed by atoms with E-state index in [1.807, 2.05) is 11.8 Å². The molecule has 0 aromatic rings. The minimum absolute atomic E-state index is 0.204. The van der Waals surface area contributed by atoms with Gasteiger partial charge in [0.2, 0.25) is 5.91 Å². The highest BCUT2D eigenvalue weighted by Gasteiger charge is 2.36. The lowest BCUT2D eigenvalue weighted by atomic mass is 9.98. The van der Waals surface area contributed by atoms with E-state index in [2.05, 4.69) is 17.6 Å². The summed E-state index contributed by atoms with van der Waals surface area (Å²) in [6.07, 6.45) is 3.36. The summed E-state index contributed by atoms with van der Waals surface area (Å²) in [6.45, 7) is 4.30. The standard InChI is InChI=1S/C10H18N2OS/c1-2-8-9(13)12-10(14-8)7-3-5-11-6-4-7/h7-8,10-11H,2-6H2,1H3,(H,12,13)/t8-,10?/m1/s1. The molecule has 2 aliphatic rings. The first-order chi connectivity index (χ1) is 6.81. The number of carbonyl (C=O) groups is 1. The molecular weight excluding hydrogens is 196 g/mol. The number of amides is 1. The Hall–Kier alpha value is -0.220. The first-order valence-electron chi connectivity index (χ1n) is 5.48. The van der Waals surface area contributed by atoms with Gasteiger partial charge in [0.25, 0.3) is 0 Å². The Bertz CT molecular complexity index is 216. The Labute approximate surface area is 89.4 Å². The van der Waals surface area contributed by atoms with Crippen molar-refractivity contribution < 1.29 is 4.79 Å². The van der Waals surface area contributed by atoms with Gasteiger partial charge in [-0.3, -0.25) is 4.79 Å². The molecule has 80 valence electrons. The van der Waals surface area contributed by atoms with Gasteiger partial charge in [-0.15, -0.1) is 11.8 Å². The van der Waals surface area contributed by atoms with Crippen LogP contribution in [0.15, 0.2) is 0 Å². The number of rotatable bonds is 2. The lowest BCUT2D eigenvalue weighted by Crippen LogP contribution is -2.38. The molecule has 2 rings (SSSR count). The van der Waals surface area contributed by atoms with Gasteiger partial charge >= 0.3 is 0 Å². The first-order valence-corrected chi connectivity index (χ1v) is 6.42. The summed E-state index contributed by atoms with van der Waals surface area (Å²) < 4.78 is 0. The third-order valence-electron chi connectivity index (χ3n) is 3.07. The first kappa shape index (κ1) is 10.3. The molecule has 0 bridgehead atoms. The van der Waals surface area contributed by atoms with Crippen molar-refractivity contribution in [2.75, 3.05) is 13.1 Å². The second kappa shape index (κ2) is 4.53. The summed E-state index contributed by atoms with van der Waals surface area (Å²) in [5.74, 6) is 0.933. The summed E-state index contributed by atoms with van der Waals surface area (Å²) in [7, 11) is 0. The molecule has 0 aromatic carbocycles. The Morgan fingerprint density at radius 2 is 2.14 bits per heavy atom. The highest BCUT2D eigenvalue weighted by molar-refractivity contribution is 8.01. The van der Waals surface area contributed by atoms with Gasteiger partial charge < -0.3 is 10.6 Å². The SMILES string of the molecule is CC[C@H]1SC(C2CCNCC2)NC1=O. The molecule has 2 saturated heterocycles. The van der Waals surface area contributed by atoms with E-state index in [1.54, 1.807) is 0 Å². The van der Waals surface area contributed by atoms with Crippen molar-refractivity contribution in [3.8, 4) is 0 Å². The smallest absolute Gasteiger partial charge is 0.234 e. The fraction of sp³-hybridized carbons (Fsp3) is 0.900. The van der Waals surface area contributed by atoms with Crippen molar-refractivity contribution in [1.82, 2.24) is 10.6 Å². The molecule has 2 atom stereocenters. The topological polar surface area (TPSA) is 41.1 Å². The van der Waals surface area contributed by atoms with Gasteiger partial charge in [-0.25, -0.2) is 0 Å². The average molecular weight is 214 g/mol. The van der Waals surface area contributed by atoms with Crippen molar-refractivity contribution in [2.24, 2.45) is 5.92 Å². The average Bonchev–Trinajstić information content (AvgIpc) is 2.61. The molecule has 2 fully saturated rings. The Balaban J connectivity index is 1.90. The lowest BCUT2D eigenvalue weighted by molar-refractivity contribution is -0.120. The summed E-state index contributed by atoms with van der Waals surface area (Å²) in [5.41, 5.74) is 0. The minimum Gasteiger partial charge on any atom is -0.343 e. The highest BCUT2D eigenvalue weighted by Crippen LogP contribution is 2.33. The van der Waals surface area contributed by atoms with Crippen molar-refractivity contribution in [1.29, 1.82) is 0 Å². The predicted molar refractivity (Wildman–Crippen MR) is 59.2 cm³/mol. The van der Waals surface area contributed by atoms with E-state index in [1.165, 1.54) is 12.8 Å². The molecule has 2 aliphatic heterocycles. The van der Waals surface area contributed by atoms with Gasteiger partial charge in [-0.05, 0) is 38.3 Å². The van der Waals surface area contributed by atoms with E-state index in [-0.39, 0.29) is 11.2 Å². The third-order valence-corrected chi connectivity index (χ3v) is 4.74. The van der Waals surface area contributed by atoms with Crippen LogP contribution < -0.4 is 10.6 Å². The molecule has 0 saturated carbocycles. The van der Waals surface area contributed by atoms with E-state index in [4.69, 9.17) is 0 Å². The van der Waals surface area contributed by atoms with Crippen LogP contribution in [0.5, 0.6) is 0 Å². The van der Waals surface area contributed by atoms with Crippen molar-refractivity contribution >= 4 is 17.7 Å². The number of hydrogen-bond acceptors (Lipinski definition) is 3. The molecule has 14 heavy (non-hydrogen) atoms. The van der Waals surface area contributed by atoms with Crippen molar-refractivity contribution in [2.45, 2.75) is 36.8 Å². The van der Waals surface area contributed by atoms with E-state index in [9.17, 15) is 4.79 Å². The molecule has 2 N–H and O–H groups in total. The molecule has 0 aromatic heterocycles. The van der Waals surface area contributed by atoms with Crippen molar-refractivity contribution in [3.05, 3.63) is 0 Å². The van der Waals surface area contributed by atoms with Crippen LogP contribution in [0.3, 0.4) is 0 Å². The molecule has 1 amide bonds. The van der Waals surface area contributed by atoms with Gasteiger partial charge in [-0.2, -0.15) is 0 Å². The predicted octanol–water partition coefficient (Wildman–Crippen LogP) is 0.954. The molecule has 0 radical (unpaired) electrons. The van der Waals surface area contributed by atoms with E-state index in [0.717, 1.165) is 19.5 Å². The van der Waals surface area contributed by atoms with Crippen LogP contribution in [0.25, 0.3) is 0 Å².